The Morgan fingerprint density at radius 2 is 1.96 bits per heavy atom. The molecule has 1 saturated heterocycles. The maximum absolute atomic E-state index is 13.1. The van der Waals surface area contributed by atoms with Gasteiger partial charge < -0.3 is 14.7 Å². The first-order chi connectivity index (χ1) is 13.2. The van der Waals surface area contributed by atoms with Crippen LogP contribution in [0.3, 0.4) is 0 Å². The maximum atomic E-state index is 13.1. The van der Waals surface area contributed by atoms with E-state index in [1.54, 1.807) is 19.6 Å². The Bertz CT molecular complexity index is 1210. The van der Waals surface area contributed by atoms with Crippen molar-refractivity contribution in [1.82, 2.24) is 14.5 Å². The number of pyridine rings is 1. The van der Waals surface area contributed by atoms with E-state index in [1.807, 2.05) is 30.3 Å². The van der Waals surface area contributed by atoms with Crippen molar-refractivity contribution in [2.24, 2.45) is 0 Å². The molecule has 0 aliphatic carbocycles. The average Bonchev–Trinajstić information content (AvgIpc) is 3.06. The van der Waals surface area contributed by atoms with E-state index in [0.29, 0.717) is 23.3 Å². The molecule has 0 spiro atoms. The molecule has 1 aromatic carbocycles. The van der Waals surface area contributed by atoms with Crippen LogP contribution in [0.4, 0.5) is 5.69 Å². The number of β-amino-alcohol motifs (C(OH)–C–C–N with tert-alkyl or cyclic N) is 1. The number of aliphatic hydroxyl groups is 1. The number of hydrogen-bond acceptors (Lipinski definition) is 7. The van der Waals surface area contributed by atoms with Gasteiger partial charge in [-0.25, -0.2) is 9.97 Å². The van der Waals surface area contributed by atoms with E-state index in [0.717, 1.165) is 27.3 Å². The monoisotopic (exact) mass is 380 g/mol. The fraction of sp³-hybridized carbons (Fsp3) is 0.211. The van der Waals surface area contributed by atoms with Crippen molar-refractivity contribution in [3.05, 3.63) is 53.2 Å². The highest BCUT2D eigenvalue weighted by Crippen LogP contribution is 2.37. The summed E-state index contributed by atoms with van der Waals surface area (Å²) in [6, 6.07) is 9.19. The molecule has 1 aliphatic heterocycles. The van der Waals surface area contributed by atoms with Crippen molar-refractivity contribution in [2.45, 2.75) is 6.10 Å². The van der Waals surface area contributed by atoms with Crippen molar-refractivity contribution in [2.75, 3.05) is 25.1 Å². The highest BCUT2D eigenvalue weighted by Gasteiger charge is 2.27. The normalized spacial score (nSPS) is 14.7. The summed E-state index contributed by atoms with van der Waals surface area (Å²) in [5.74, 6) is 0.730. The predicted octanol–water partition coefficient (Wildman–Crippen LogP) is 2.18. The van der Waals surface area contributed by atoms with Crippen molar-refractivity contribution < 1.29 is 9.84 Å². The van der Waals surface area contributed by atoms with Crippen LogP contribution in [0.25, 0.3) is 26.1 Å². The van der Waals surface area contributed by atoms with Crippen molar-refractivity contribution in [1.29, 1.82) is 0 Å². The second-order valence-corrected chi connectivity index (χ2v) is 7.47. The molecule has 0 amide bonds. The van der Waals surface area contributed by atoms with E-state index in [2.05, 4.69) is 14.9 Å². The number of hydrogen-bond donors (Lipinski definition) is 1. The Morgan fingerprint density at radius 1 is 1.19 bits per heavy atom. The third kappa shape index (κ3) is 2.48. The zero-order chi connectivity index (χ0) is 18.5. The molecule has 0 unspecified atom stereocenters. The van der Waals surface area contributed by atoms with Gasteiger partial charge in [0.05, 0.1) is 30.0 Å². The summed E-state index contributed by atoms with van der Waals surface area (Å²) < 4.78 is 7.28. The summed E-state index contributed by atoms with van der Waals surface area (Å²) in [6.45, 7) is 1.17. The van der Waals surface area contributed by atoms with Crippen LogP contribution in [-0.4, -0.2) is 45.9 Å². The number of ether oxygens (including phenoxy) is 1. The van der Waals surface area contributed by atoms with Crippen LogP contribution in [-0.2, 0) is 0 Å². The molecule has 0 radical (unpaired) electrons. The number of fused-ring (bicyclic) bond motifs is 3. The number of aromatic nitrogens is 3. The van der Waals surface area contributed by atoms with Gasteiger partial charge in [-0.3, -0.25) is 9.36 Å². The van der Waals surface area contributed by atoms with Crippen molar-refractivity contribution >= 4 is 37.5 Å². The van der Waals surface area contributed by atoms with Gasteiger partial charge in [-0.15, -0.1) is 11.3 Å². The lowest BCUT2D eigenvalue weighted by Gasteiger charge is -2.38. The minimum absolute atomic E-state index is 0.122. The largest absolute Gasteiger partial charge is 0.497 e. The van der Waals surface area contributed by atoms with E-state index in [9.17, 15) is 9.90 Å². The van der Waals surface area contributed by atoms with Crippen molar-refractivity contribution in [3.63, 3.8) is 0 Å². The van der Waals surface area contributed by atoms with Crippen LogP contribution in [0.5, 0.6) is 5.75 Å². The summed E-state index contributed by atoms with van der Waals surface area (Å²) in [5.41, 5.74) is 2.23. The Morgan fingerprint density at radius 3 is 2.67 bits per heavy atom. The summed E-state index contributed by atoms with van der Waals surface area (Å²) >= 11 is 1.35. The van der Waals surface area contributed by atoms with Gasteiger partial charge in [0.2, 0.25) is 0 Å². The second-order valence-electron chi connectivity index (χ2n) is 6.47. The van der Waals surface area contributed by atoms with Gasteiger partial charge in [0.15, 0.2) is 0 Å². The lowest BCUT2D eigenvalue weighted by molar-refractivity contribution is 0.142. The fourth-order valence-corrected chi connectivity index (χ4v) is 4.43. The zero-order valence-corrected chi connectivity index (χ0v) is 15.3. The van der Waals surface area contributed by atoms with Crippen LogP contribution < -0.4 is 15.2 Å². The lowest BCUT2D eigenvalue weighted by atomic mass is 10.1. The van der Waals surface area contributed by atoms with Gasteiger partial charge in [0.1, 0.15) is 27.1 Å². The van der Waals surface area contributed by atoms with Crippen molar-refractivity contribution in [3.8, 4) is 11.4 Å². The Labute approximate surface area is 158 Å². The van der Waals surface area contributed by atoms with E-state index in [1.165, 1.54) is 15.9 Å². The molecule has 4 aromatic rings. The standard InChI is InChI=1S/C19H16N4O3S/c1-26-13-4-2-11(3-5-13)23-10-21-16-15-14(22-8-12(24)9-22)6-7-20-18(15)27-17(16)19(23)25/h2-7,10,12,24H,8-9H2,1H3. The Hall–Kier alpha value is -2.97. The summed E-state index contributed by atoms with van der Waals surface area (Å²) in [6.07, 6.45) is 2.98. The van der Waals surface area contributed by atoms with Gasteiger partial charge in [-0.2, -0.15) is 0 Å². The molecule has 136 valence electrons. The third-order valence-electron chi connectivity index (χ3n) is 4.81. The number of aliphatic hydroxyl groups excluding tert-OH is 1. The van der Waals surface area contributed by atoms with Gasteiger partial charge >= 0.3 is 0 Å². The van der Waals surface area contributed by atoms with E-state index in [-0.39, 0.29) is 11.7 Å². The van der Waals surface area contributed by atoms with E-state index in [4.69, 9.17) is 4.74 Å². The first kappa shape index (κ1) is 16.2. The molecule has 0 saturated carbocycles. The SMILES string of the molecule is COc1ccc(-n2cnc3c(sc4nccc(N5CC(O)C5)c43)c2=O)cc1. The summed E-state index contributed by atoms with van der Waals surface area (Å²) in [7, 11) is 1.60. The van der Waals surface area contributed by atoms with Gasteiger partial charge in [0, 0.05) is 19.3 Å². The highest BCUT2D eigenvalue weighted by molar-refractivity contribution is 7.25. The average molecular weight is 380 g/mol. The molecule has 0 bridgehead atoms. The number of thiophene rings is 1. The number of nitrogens with zero attached hydrogens (tertiary/aromatic N) is 4. The molecule has 4 heterocycles. The molecule has 8 heteroatoms. The predicted molar refractivity (Wildman–Crippen MR) is 105 cm³/mol. The topological polar surface area (TPSA) is 80.5 Å². The minimum atomic E-state index is -0.307. The minimum Gasteiger partial charge on any atom is -0.497 e. The smallest absolute Gasteiger partial charge is 0.275 e. The molecule has 1 N–H and O–H groups in total. The molecule has 27 heavy (non-hydrogen) atoms. The van der Waals surface area contributed by atoms with Crippen LogP contribution in [0.2, 0.25) is 0 Å². The number of rotatable bonds is 3. The number of anilines is 1. The third-order valence-corrected chi connectivity index (χ3v) is 5.89. The quantitative estimate of drug-likeness (QED) is 0.587. The van der Waals surface area contributed by atoms with Crippen LogP contribution >= 0.6 is 11.3 Å². The van der Waals surface area contributed by atoms with Gasteiger partial charge in [0.25, 0.3) is 5.56 Å². The second kappa shape index (κ2) is 6.04. The molecule has 7 nitrogen and oxygen atoms in total. The molecule has 1 aliphatic rings. The van der Waals surface area contributed by atoms with Gasteiger partial charge in [-0.05, 0) is 30.3 Å². The van der Waals surface area contributed by atoms with Crippen LogP contribution in [0, 0.1) is 0 Å². The Kier molecular flexibility index (Phi) is 3.63. The molecule has 5 rings (SSSR count). The summed E-state index contributed by atoms with van der Waals surface area (Å²) in [5, 5.41) is 10.5. The Balaban J connectivity index is 1.70. The lowest BCUT2D eigenvalue weighted by Crippen LogP contribution is -2.50. The molecule has 3 aromatic heterocycles. The first-order valence-electron chi connectivity index (χ1n) is 8.52. The zero-order valence-electron chi connectivity index (χ0n) is 14.5. The van der Waals surface area contributed by atoms with E-state index < -0.39 is 0 Å². The molecule has 1 fully saturated rings. The van der Waals surface area contributed by atoms with E-state index >= 15 is 0 Å². The number of benzene rings is 1. The number of methoxy groups -OCH3 is 1. The first-order valence-corrected chi connectivity index (χ1v) is 9.33. The molecular formula is C19H16N4O3S. The fourth-order valence-electron chi connectivity index (χ4n) is 3.38. The molecule has 0 atom stereocenters. The maximum Gasteiger partial charge on any atom is 0.275 e. The van der Waals surface area contributed by atoms with Crippen LogP contribution in [0.1, 0.15) is 0 Å². The summed E-state index contributed by atoms with van der Waals surface area (Å²) in [4.78, 5) is 25.0. The van der Waals surface area contributed by atoms with Crippen LogP contribution in [0.15, 0.2) is 47.7 Å². The molecular weight excluding hydrogens is 364 g/mol. The highest BCUT2D eigenvalue weighted by atomic mass is 32.1. The van der Waals surface area contributed by atoms with Gasteiger partial charge in [-0.1, -0.05) is 0 Å².